The summed E-state index contributed by atoms with van der Waals surface area (Å²) in [7, 11) is 0. The Morgan fingerprint density at radius 2 is 2.19 bits per heavy atom. The quantitative estimate of drug-likeness (QED) is 0.343. The molecule has 5 nitrogen and oxygen atoms in total. The normalized spacial score (nSPS) is 13.1. The lowest BCUT2D eigenvalue weighted by Crippen LogP contribution is -2.20. The number of rotatable bonds is 5. The number of oxime groups is 1. The molecule has 1 atom stereocenters. The number of nitrogens with one attached hydrogen (secondary N) is 1. The molecule has 0 unspecified atom stereocenters. The molecule has 0 aliphatic carbocycles. The topological polar surface area (TPSA) is 83.5 Å². The van der Waals surface area contributed by atoms with Gasteiger partial charge >= 0.3 is 0 Å². The summed E-state index contributed by atoms with van der Waals surface area (Å²) in [4.78, 5) is 4.04. The van der Waals surface area contributed by atoms with Crippen LogP contribution in [0.5, 0.6) is 0 Å². The molecule has 0 aliphatic heterocycles. The third-order valence-corrected chi connectivity index (χ3v) is 3.52. The summed E-state index contributed by atoms with van der Waals surface area (Å²) in [5.74, 6) is -0.00370. The molecule has 110 valence electrons. The van der Waals surface area contributed by atoms with Crippen molar-refractivity contribution in [3.63, 3.8) is 0 Å². The molecular weight excluding hydrogens is 288 g/mol. The molecule has 2 aromatic rings. The molecule has 0 saturated heterocycles. The van der Waals surface area contributed by atoms with Crippen molar-refractivity contribution in [2.24, 2.45) is 10.9 Å². The van der Waals surface area contributed by atoms with Crippen LogP contribution in [0.25, 0.3) is 0 Å². The number of halogens is 1. The molecule has 1 aromatic heterocycles. The van der Waals surface area contributed by atoms with Gasteiger partial charge in [-0.3, -0.25) is 4.98 Å². The van der Waals surface area contributed by atoms with Gasteiger partial charge < -0.3 is 16.3 Å². The highest BCUT2D eigenvalue weighted by Crippen LogP contribution is 2.22. The van der Waals surface area contributed by atoms with Crippen LogP contribution >= 0.6 is 11.6 Å². The second-order valence-electron chi connectivity index (χ2n) is 4.66. The molecule has 0 bridgehead atoms. The number of nitrogens with zero attached hydrogens (tertiary/aromatic N) is 2. The Labute approximate surface area is 128 Å². The van der Waals surface area contributed by atoms with Crippen LogP contribution in [0.2, 0.25) is 5.02 Å². The number of hydrogen-bond donors (Lipinski definition) is 3. The van der Waals surface area contributed by atoms with Crippen LogP contribution in [0.4, 0.5) is 0 Å². The Balaban J connectivity index is 2.05. The molecule has 6 heteroatoms. The second-order valence-corrected chi connectivity index (χ2v) is 5.07. The van der Waals surface area contributed by atoms with Crippen molar-refractivity contribution in [2.45, 2.75) is 19.5 Å². The van der Waals surface area contributed by atoms with Gasteiger partial charge in [-0.2, -0.15) is 0 Å². The maximum absolute atomic E-state index is 8.67. The van der Waals surface area contributed by atoms with E-state index >= 15 is 0 Å². The number of hydrogen-bond acceptors (Lipinski definition) is 4. The van der Waals surface area contributed by atoms with Crippen molar-refractivity contribution < 1.29 is 5.21 Å². The number of nitrogens with two attached hydrogens (primary N) is 1. The molecule has 1 heterocycles. The van der Waals surface area contributed by atoms with Gasteiger partial charge in [-0.15, -0.1) is 0 Å². The standard InChI is InChI=1S/C15H17ClN4O/c1-10(12-4-2-3-5-13(12)16)19-9-11-6-7-18-14(8-11)15(17)20-21/h2-8,10,19,21H,9H2,1H3,(H2,17,20)/t10-/m0/s1. The van der Waals surface area contributed by atoms with E-state index in [0.29, 0.717) is 12.2 Å². The Bertz CT molecular complexity index is 645. The van der Waals surface area contributed by atoms with Gasteiger partial charge in [-0.25, -0.2) is 0 Å². The summed E-state index contributed by atoms with van der Waals surface area (Å²) < 4.78 is 0. The predicted molar refractivity (Wildman–Crippen MR) is 83.5 cm³/mol. The Morgan fingerprint density at radius 1 is 1.43 bits per heavy atom. The van der Waals surface area contributed by atoms with Gasteiger partial charge in [0.15, 0.2) is 5.84 Å². The Morgan fingerprint density at radius 3 is 2.90 bits per heavy atom. The number of pyridine rings is 1. The van der Waals surface area contributed by atoms with E-state index in [1.165, 1.54) is 0 Å². The average Bonchev–Trinajstić information content (AvgIpc) is 2.52. The lowest BCUT2D eigenvalue weighted by atomic mass is 10.1. The van der Waals surface area contributed by atoms with Crippen LogP contribution in [-0.2, 0) is 6.54 Å². The van der Waals surface area contributed by atoms with Gasteiger partial charge in [0.1, 0.15) is 5.69 Å². The molecule has 0 saturated carbocycles. The summed E-state index contributed by atoms with van der Waals surface area (Å²) in [6, 6.07) is 11.5. The second kappa shape index (κ2) is 7.06. The van der Waals surface area contributed by atoms with Crippen LogP contribution in [-0.4, -0.2) is 16.0 Å². The largest absolute Gasteiger partial charge is 0.409 e. The van der Waals surface area contributed by atoms with Gasteiger partial charge in [0.05, 0.1) is 0 Å². The predicted octanol–water partition coefficient (Wildman–Crippen LogP) is 2.68. The zero-order chi connectivity index (χ0) is 15.2. The zero-order valence-corrected chi connectivity index (χ0v) is 12.4. The van der Waals surface area contributed by atoms with E-state index in [4.69, 9.17) is 22.5 Å². The fourth-order valence-electron chi connectivity index (χ4n) is 1.98. The first-order chi connectivity index (χ1) is 10.1. The molecule has 0 amide bonds. The summed E-state index contributed by atoms with van der Waals surface area (Å²) in [6.45, 7) is 2.67. The van der Waals surface area contributed by atoms with Gasteiger partial charge in [-0.05, 0) is 36.2 Å². The first-order valence-corrected chi connectivity index (χ1v) is 6.90. The van der Waals surface area contributed by atoms with Crippen LogP contribution < -0.4 is 11.1 Å². The van der Waals surface area contributed by atoms with E-state index in [0.717, 1.165) is 16.1 Å². The molecule has 0 fully saturated rings. The van der Waals surface area contributed by atoms with Crippen molar-refractivity contribution in [1.29, 1.82) is 0 Å². The lowest BCUT2D eigenvalue weighted by Gasteiger charge is -2.15. The lowest BCUT2D eigenvalue weighted by molar-refractivity contribution is 0.318. The van der Waals surface area contributed by atoms with Gasteiger partial charge in [0, 0.05) is 23.8 Å². The monoisotopic (exact) mass is 304 g/mol. The minimum Gasteiger partial charge on any atom is -0.409 e. The number of aromatic nitrogens is 1. The molecule has 21 heavy (non-hydrogen) atoms. The summed E-state index contributed by atoms with van der Waals surface area (Å²) >= 11 is 6.18. The molecule has 1 aromatic carbocycles. The molecule has 2 rings (SSSR count). The van der Waals surface area contributed by atoms with Crippen LogP contribution in [0.15, 0.2) is 47.8 Å². The molecule has 4 N–H and O–H groups in total. The van der Waals surface area contributed by atoms with Crippen molar-refractivity contribution in [1.82, 2.24) is 10.3 Å². The number of benzene rings is 1. The van der Waals surface area contributed by atoms with Gasteiger partial charge in [-0.1, -0.05) is 35.0 Å². The average molecular weight is 305 g/mol. The van der Waals surface area contributed by atoms with Gasteiger partial charge in [0.25, 0.3) is 0 Å². The first kappa shape index (κ1) is 15.3. The minimum absolute atomic E-state index is 0.00370. The van der Waals surface area contributed by atoms with Crippen molar-refractivity contribution in [3.05, 3.63) is 64.4 Å². The van der Waals surface area contributed by atoms with E-state index in [1.807, 2.05) is 37.3 Å². The smallest absolute Gasteiger partial charge is 0.188 e. The Hall–Kier alpha value is -2.11. The Kier molecular flexibility index (Phi) is 5.14. The molecule has 0 spiro atoms. The van der Waals surface area contributed by atoms with Crippen molar-refractivity contribution in [3.8, 4) is 0 Å². The van der Waals surface area contributed by atoms with E-state index < -0.39 is 0 Å². The van der Waals surface area contributed by atoms with Crippen LogP contribution in [0, 0.1) is 0 Å². The first-order valence-electron chi connectivity index (χ1n) is 6.52. The highest BCUT2D eigenvalue weighted by molar-refractivity contribution is 6.31. The van der Waals surface area contributed by atoms with Gasteiger partial charge in [0.2, 0.25) is 0 Å². The van der Waals surface area contributed by atoms with E-state index in [9.17, 15) is 0 Å². The third-order valence-electron chi connectivity index (χ3n) is 3.18. The fourth-order valence-corrected chi connectivity index (χ4v) is 2.28. The minimum atomic E-state index is -0.00370. The fraction of sp³-hybridized carbons (Fsp3) is 0.200. The SMILES string of the molecule is C[C@H](NCc1ccnc(/C(N)=N/O)c1)c1ccccc1Cl. The third kappa shape index (κ3) is 3.93. The maximum Gasteiger partial charge on any atom is 0.188 e. The highest BCUT2D eigenvalue weighted by atomic mass is 35.5. The number of amidine groups is 1. The van der Waals surface area contributed by atoms with Crippen LogP contribution in [0.1, 0.15) is 29.8 Å². The molecule has 0 radical (unpaired) electrons. The van der Waals surface area contributed by atoms with E-state index in [2.05, 4.69) is 15.5 Å². The molecular formula is C15H17ClN4O. The zero-order valence-electron chi connectivity index (χ0n) is 11.6. The summed E-state index contributed by atoms with van der Waals surface area (Å²) in [6.07, 6.45) is 1.63. The van der Waals surface area contributed by atoms with Crippen molar-refractivity contribution in [2.75, 3.05) is 0 Å². The van der Waals surface area contributed by atoms with E-state index in [1.54, 1.807) is 12.3 Å². The van der Waals surface area contributed by atoms with Crippen molar-refractivity contribution >= 4 is 17.4 Å². The van der Waals surface area contributed by atoms with Crippen LogP contribution in [0.3, 0.4) is 0 Å². The maximum atomic E-state index is 8.67. The summed E-state index contributed by atoms with van der Waals surface area (Å²) in [5.41, 5.74) is 8.01. The summed E-state index contributed by atoms with van der Waals surface area (Å²) in [5, 5.41) is 15.7. The highest BCUT2D eigenvalue weighted by Gasteiger charge is 2.09. The van der Waals surface area contributed by atoms with E-state index in [-0.39, 0.29) is 11.9 Å². The molecule has 0 aliphatic rings.